The lowest BCUT2D eigenvalue weighted by Gasteiger charge is -2.36. The van der Waals surface area contributed by atoms with Gasteiger partial charge in [-0.25, -0.2) is 0 Å². The summed E-state index contributed by atoms with van der Waals surface area (Å²) in [6.07, 6.45) is 5.48. The number of hydrogen-bond donors (Lipinski definition) is 2. The lowest BCUT2D eigenvalue weighted by atomic mass is 9.76. The molecule has 0 saturated carbocycles. The van der Waals surface area contributed by atoms with E-state index in [9.17, 15) is 4.79 Å². The lowest BCUT2D eigenvalue weighted by Crippen LogP contribution is -2.51. The van der Waals surface area contributed by atoms with Crippen LogP contribution in [0.2, 0.25) is 0 Å². The average molecular weight is 267 g/mol. The van der Waals surface area contributed by atoms with E-state index in [1.54, 1.807) is 0 Å². The van der Waals surface area contributed by atoms with Crippen LogP contribution < -0.4 is 10.6 Å². The summed E-state index contributed by atoms with van der Waals surface area (Å²) in [6.45, 7) is 7.25. The molecular formula is C15H29N3O. The third kappa shape index (κ3) is 3.69. The Hall–Kier alpha value is -0.610. The molecule has 0 spiro atoms. The first-order valence-electron chi connectivity index (χ1n) is 7.84. The summed E-state index contributed by atoms with van der Waals surface area (Å²) in [6, 6.07) is 0. The van der Waals surface area contributed by atoms with Crippen LogP contribution in [-0.2, 0) is 4.79 Å². The first kappa shape index (κ1) is 14.8. The lowest BCUT2D eigenvalue weighted by molar-refractivity contribution is -0.132. The van der Waals surface area contributed by atoms with Gasteiger partial charge in [-0.15, -0.1) is 0 Å². The molecule has 0 aromatic carbocycles. The van der Waals surface area contributed by atoms with Crippen molar-refractivity contribution in [3.63, 3.8) is 0 Å². The van der Waals surface area contributed by atoms with E-state index in [2.05, 4.69) is 29.5 Å². The highest BCUT2D eigenvalue weighted by atomic mass is 16.2. The molecule has 0 bridgehead atoms. The molecule has 0 aliphatic carbocycles. The molecule has 2 atom stereocenters. The fourth-order valence-corrected chi connectivity index (χ4v) is 3.58. The zero-order valence-electron chi connectivity index (χ0n) is 12.5. The second kappa shape index (κ2) is 6.71. The van der Waals surface area contributed by atoms with Crippen molar-refractivity contribution in [2.45, 2.75) is 39.0 Å². The molecule has 1 amide bonds. The highest BCUT2D eigenvalue weighted by Crippen LogP contribution is 2.32. The van der Waals surface area contributed by atoms with Crippen molar-refractivity contribution in [1.82, 2.24) is 15.5 Å². The summed E-state index contributed by atoms with van der Waals surface area (Å²) in [4.78, 5) is 14.9. The maximum Gasteiger partial charge on any atom is 0.227 e. The Labute approximate surface area is 117 Å². The number of carbonyl (C=O) groups excluding carboxylic acids is 1. The van der Waals surface area contributed by atoms with Crippen molar-refractivity contribution in [2.75, 3.05) is 39.8 Å². The van der Waals surface area contributed by atoms with Crippen LogP contribution >= 0.6 is 0 Å². The van der Waals surface area contributed by atoms with E-state index in [0.29, 0.717) is 5.92 Å². The Morgan fingerprint density at radius 2 is 2.37 bits per heavy atom. The van der Waals surface area contributed by atoms with E-state index in [-0.39, 0.29) is 11.3 Å². The van der Waals surface area contributed by atoms with Crippen molar-refractivity contribution < 1.29 is 4.79 Å². The molecular weight excluding hydrogens is 238 g/mol. The van der Waals surface area contributed by atoms with Gasteiger partial charge in [-0.2, -0.15) is 0 Å². The Morgan fingerprint density at radius 3 is 2.95 bits per heavy atom. The second-order valence-electron chi connectivity index (χ2n) is 6.44. The van der Waals surface area contributed by atoms with E-state index in [1.165, 1.54) is 13.0 Å². The number of likely N-dealkylation sites (tertiary alicyclic amines) is 1. The summed E-state index contributed by atoms with van der Waals surface area (Å²) < 4.78 is 0. The zero-order valence-corrected chi connectivity index (χ0v) is 12.5. The number of amides is 1. The van der Waals surface area contributed by atoms with Gasteiger partial charge in [0.2, 0.25) is 5.91 Å². The van der Waals surface area contributed by atoms with E-state index in [1.807, 2.05) is 0 Å². The normalized spacial score (nSPS) is 32.4. The molecule has 2 saturated heterocycles. The zero-order chi connectivity index (χ0) is 13.7. The summed E-state index contributed by atoms with van der Waals surface area (Å²) in [5.74, 6) is 0.931. The van der Waals surface area contributed by atoms with Gasteiger partial charge in [0.25, 0.3) is 0 Å². The minimum absolute atomic E-state index is 0.141. The number of carbonyl (C=O) groups is 1. The predicted octanol–water partition coefficient (Wildman–Crippen LogP) is 1.22. The number of rotatable bonds is 5. The SMILES string of the molecule is CCCC1(C(=O)NCC2CCN(C)C2)CCCNC1. The summed E-state index contributed by atoms with van der Waals surface area (Å²) in [5, 5.41) is 6.64. The largest absolute Gasteiger partial charge is 0.355 e. The van der Waals surface area contributed by atoms with Crippen molar-refractivity contribution >= 4 is 5.91 Å². The predicted molar refractivity (Wildman–Crippen MR) is 78.1 cm³/mol. The van der Waals surface area contributed by atoms with Crippen LogP contribution in [-0.4, -0.2) is 50.6 Å². The highest BCUT2D eigenvalue weighted by Gasteiger charge is 2.38. The molecule has 2 aliphatic heterocycles. The van der Waals surface area contributed by atoms with Crippen LogP contribution in [0.4, 0.5) is 0 Å². The smallest absolute Gasteiger partial charge is 0.227 e. The van der Waals surface area contributed by atoms with Crippen LogP contribution in [0.1, 0.15) is 39.0 Å². The highest BCUT2D eigenvalue weighted by molar-refractivity contribution is 5.83. The van der Waals surface area contributed by atoms with Gasteiger partial charge in [0, 0.05) is 19.6 Å². The van der Waals surface area contributed by atoms with Crippen LogP contribution in [0.5, 0.6) is 0 Å². The Bertz CT molecular complexity index is 294. The maximum atomic E-state index is 12.6. The van der Waals surface area contributed by atoms with Gasteiger partial charge in [0.05, 0.1) is 5.41 Å². The molecule has 2 fully saturated rings. The summed E-state index contributed by atoms with van der Waals surface area (Å²) in [5.41, 5.74) is -0.141. The minimum atomic E-state index is -0.141. The third-order valence-electron chi connectivity index (χ3n) is 4.72. The summed E-state index contributed by atoms with van der Waals surface area (Å²) >= 11 is 0. The van der Waals surface area contributed by atoms with Gasteiger partial charge in [-0.3, -0.25) is 4.79 Å². The first-order chi connectivity index (χ1) is 9.16. The van der Waals surface area contributed by atoms with Crippen molar-refractivity contribution in [3.05, 3.63) is 0 Å². The molecule has 2 rings (SSSR count). The van der Waals surface area contributed by atoms with Gasteiger partial charge >= 0.3 is 0 Å². The quantitative estimate of drug-likeness (QED) is 0.787. The van der Waals surface area contributed by atoms with Gasteiger partial charge in [-0.1, -0.05) is 13.3 Å². The topological polar surface area (TPSA) is 44.4 Å². The van der Waals surface area contributed by atoms with Crippen LogP contribution in [0, 0.1) is 11.3 Å². The second-order valence-corrected chi connectivity index (χ2v) is 6.44. The molecule has 19 heavy (non-hydrogen) atoms. The Balaban J connectivity index is 1.85. The van der Waals surface area contributed by atoms with Crippen LogP contribution in [0.15, 0.2) is 0 Å². The van der Waals surface area contributed by atoms with Gasteiger partial charge in [-0.05, 0) is 51.7 Å². The number of piperidine rings is 1. The molecule has 2 N–H and O–H groups in total. The van der Waals surface area contributed by atoms with E-state index < -0.39 is 0 Å². The Morgan fingerprint density at radius 1 is 1.53 bits per heavy atom. The van der Waals surface area contributed by atoms with Gasteiger partial charge < -0.3 is 15.5 Å². The van der Waals surface area contributed by atoms with Gasteiger partial charge in [0.1, 0.15) is 0 Å². The monoisotopic (exact) mass is 267 g/mol. The van der Waals surface area contributed by atoms with Gasteiger partial charge in [0.15, 0.2) is 0 Å². The fourth-order valence-electron chi connectivity index (χ4n) is 3.58. The van der Waals surface area contributed by atoms with E-state index in [4.69, 9.17) is 0 Å². The molecule has 2 heterocycles. The maximum absolute atomic E-state index is 12.6. The fraction of sp³-hybridized carbons (Fsp3) is 0.933. The number of hydrogen-bond acceptors (Lipinski definition) is 3. The standard InChI is InChI=1S/C15H29N3O/c1-3-6-15(7-4-8-16-12-15)14(19)17-10-13-5-9-18(2)11-13/h13,16H,3-12H2,1-2H3,(H,17,19). The van der Waals surface area contributed by atoms with Crippen LogP contribution in [0.3, 0.4) is 0 Å². The molecule has 0 aromatic heterocycles. The average Bonchev–Trinajstić information content (AvgIpc) is 2.83. The van der Waals surface area contributed by atoms with E-state index >= 15 is 0 Å². The molecule has 0 aromatic rings. The summed E-state index contributed by atoms with van der Waals surface area (Å²) in [7, 11) is 2.16. The van der Waals surface area contributed by atoms with Crippen molar-refractivity contribution in [3.8, 4) is 0 Å². The van der Waals surface area contributed by atoms with Crippen LogP contribution in [0.25, 0.3) is 0 Å². The van der Waals surface area contributed by atoms with Crippen molar-refractivity contribution in [2.24, 2.45) is 11.3 Å². The first-order valence-corrected chi connectivity index (χ1v) is 7.84. The molecule has 0 radical (unpaired) electrons. The van der Waals surface area contributed by atoms with E-state index in [0.717, 1.165) is 51.9 Å². The molecule has 2 unspecified atom stereocenters. The Kier molecular flexibility index (Phi) is 5.22. The number of nitrogens with one attached hydrogen (secondary N) is 2. The molecule has 4 nitrogen and oxygen atoms in total. The molecule has 110 valence electrons. The molecule has 4 heteroatoms. The number of nitrogens with zero attached hydrogens (tertiary/aromatic N) is 1. The minimum Gasteiger partial charge on any atom is -0.355 e. The third-order valence-corrected chi connectivity index (χ3v) is 4.72. The molecule has 2 aliphatic rings. The van der Waals surface area contributed by atoms with Crippen molar-refractivity contribution in [1.29, 1.82) is 0 Å².